The molecular weight excluding hydrogens is 336 g/mol. The van der Waals surface area contributed by atoms with Crippen LogP contribution in [0.15, 0.2) is 84.9 Å². The highest BCUT2D eigenvalue weighted by molar-refractivity contribution is 5.96. The smallest absolute Gasteiger partial charge is 0.164 e. The van der Waals surface area contributed by atoms with Gasteiger partial charge in [-0.15, -0.1) is 0 Å². The van der Waals surface area contributed by atoms with Crippen molar-refractivity contribution in [1.29, 1.82) is 0 Å². The minimum Gasteiger partial charge on any atom is -0.380 e. The van der Waals surface area contributed by atoms with Crippen molar-refractivity contribution in [3.05, 3.63) is 102 Å². The van der Waals surface area contributed by atoms with Gasteiger partial charge in [-0.3, -0.25) is 4.79 Å². The van der Waals surface area contributed by atoms with Gasteiger partial charge in [0, 0.05) is 18.5 Å². The molecule has 0 radical (unpaired) electrons. The number of benzene rings is 3. The van der Waals surface area contributed by atoms with Crippen LogP contribution in [0.5, 0.6) is 0 Å². The average molecular weight is 356 g/mol. The van der Waals surface area contributed by atoms with Crippen molar-refractivity contribution >= 4 is 16.8 Å². The number of aliphatic hydroxyl groups excluding tert-OH is 1. The first-order valence-electron chi connectivity index (χ1n) is 9.00. The number of Topliss-reactive ketones (excluding diaryl/α,β-unsaturated/α-hetero) is 1. The van der Waals surface area contributed by atoms with Gasteiger partial charge in [0.05, 0.1) is 11.0 Å². The Morgan fingerprint density at radius 2 is 1.52 bits per heavy atom. The molecule has 134 valence electrons. The van der Waals surface area contributed by atoms with Crippen molar-refractivity contribution in [2.24, 2.45) is 0 Å². The number of para-hydroxylation sites is 2. The Kier molecular flexibility index (Phi) is 4.81. The molecule has 0 aliphatic carbocycles. The summed E-state index contributed by atoms with van der Waals surface area (Å²) in [5, 5.41) is 10.9. The monoisotopic (exact) mass is 356 g/mol. The van der Waals surface area contributed by atoms with Crippen molar-refractivity contribution in [2.75, 3.05) is 0 Å². The van der Waals surface area contributed by atoms with Crippen LogP contribution in [0.4, 0.5) is 0 Å². The lowest BCUT2D eigenvalue weighted by Gasteiger charge is -2.14. The lowest BCUT2D eigenvalue weighted by molar-refractivity contribution is 0.0976. The van der Waals surface area contributed by atoms with E-state index in [1.807, 2.05) is 89.5 Å². The normalized spacial score (nSPS) is 12.2. The van der Waals surface area contributed by atoms with Gasteiger partial charge in [-0.05, 0) is 17.7 Å². The van der Waals surface area contributed by atoms with Gasteiger partial charge in [-0.1, -0.05) is 72.8 Å². The molecule has 0 saturated carbocycles. The molecule has 1 atom stereocenters. The summed E-state index contributed by atoms with van der Waals surface area (Å²) < 4.78 is 1.95. The first-order valence-corrected chi connectivity index (χ1v) is 9.00. The summed E-state index contributed by atoms with van der Waals surface area (Å²) in [6.07, 6.45) is -0.496. The molecule has 0 amide bonds. The van der Waals surface area contributed by atoms with Gasteiger partial charge in [0.2, 0.25) is 0 Å². The number of carbonyl (C=O) groups excluding carboxylic acids is 1. The summed E-state index contributed by atoms with van der Waals surface area (Å²) in [6.45, 7) is 0.466. The fourth-order valence-electron chi connectivity index (χ4n) is 3.30. The van der Waals surface area contributed by atoms with E-state index in [4.69, 9.17) is 0 Å². The van der Waals surface area contributed by atoms with E-state index in [1.54, 1.807) is 0 Å². The van der Waals surface area contributed by atoms with Crippen molar-refractivity contribution in [2.45, 2.75) is 19.1 Å². The molecule has 1 unspecified atom stereocenters. The summed E-state index contributed by atoms with van der Waals surface area (Å²) in [7, 11) is 0. The van der Waals surface area contributed by atoms with Crippen LogP contribution in [0.25, 0.3) is 11.0 Å². The zero-order valence-electron chi connectivity index (χ0n) is 14.8. The van der Waals surface area contributed by atoms with E-state index in [0.717, 1.165) is 16.6 Å². The van der Waals surface area contributed by atoms with E-state index in [0.29, 0.717) is 24.4 Å². The van der Waals surface area contributed by atoms with Crippen molar-refractivity contribution < 1.29 is 9.90 Å². The third kappa shape index (κ3) is 3.52. The van der Waals surface area contributed by atoms with Crippen LogP contribution >= 0.6 is 0 Å². The first kappa shape index (κ1) is 17.2. The van der Waals surface area contributed by atoms with Gasteiger partial charge in [-0.2, -0.15) is 0 Å². The molecule has 0 saturated heterocycles. The van der Waals surface area contributed by atoms with Gasteiger partial charge in [0.25, 0.3) is 0 Å². The van der Waals surface area contributed by atoms with Crippen LogP contribution in [0.3, 0.4) is 0 Å². The molecule has 0 bridgehead atoms. The van der Waals surface area contributed by atoms with Gasteiger partial charge >= 0.3 is 0 Å². The molecule has 0 spiro atoms. The molecule has 0 aliphatic rings. The topological polar surface area (TPSA) is 55.1 Å². The number of hydrogen-bond acceptors (Lipinski definition) is 3. The van der Waals surface area contributed by atoms with Crippen molar-refractivity contribution in [3.8, 4) is 0 Å². The Bertz CT molecular complexity index is 1060. The number of carbonyl (C=O) groups is 1. The zero-order valence-corrected chi connectivity index (χ0v) is 14.8. The second-order valence-electron chi connectivity index (χ2n) is 6.46. The zero-order chi connectivity index (χ0) is 18.6. The van der Waals surface area contributed by atoms with Crippen LogP contribution in [0.1, 0.15) is 34.3 Å². The van der Waals surface area contributed by atoms with E-state index in [9.17, 15) is 9.90 Å². The lowest BCUT2D eigenvalue weighted by atomic mass is 10.1. The molecule has 0 fully saturated rings. The van der Waals surface area contributed by atoms with E-state index < -0.39 is 6.10 Å². The Labute approximate surface area is 157 Å². The predicted molar refractivity (Wildman–Crippen MR) is 106 cm³/mol. The third-order valence-corrected chi connectivity index (χ3v) is 4.70. The van der Waals surface area contributed by atoms with E-state index in [2.05, 4.69) is 4.98 Å². The summed E-state index contributed by atoms with van der Waals surface area (Å²) in [4.78, 5) is 17.2. The number of rotatable bonds is 6. The second kappa shape index (κ2) is 7.56. The minimum atomic E-state index is -0.842. The number of nitrogens with zero attached hydrogens (tertiary/aromatic N) is 2. The molecule has 1 N–H and O–H groups in total. The van der Waals surface area contributed by atoms with Crippen LogP contribution < -0.4 is 0 Å². The van der Waals surface area contributed by atoms with Gasteiger partial charge < -0.3 is 9.67 Å². The van der Waals surface area contributed by atoms with Gasteiger partial charge in [0.1, 0.15) is 11.9 Å². The summed E-state index contributed by atoms with van der Waals surface area (Å²) in [5.41, 5.74) is 3.22. The number of aryl methyl sites for hydroxylation is 1. The van der Waals surface area contributed by atoms with Crippen LogP contribution in [-0.2, 0) is 6.54 Å². The summed E-state index contributed by atoms with van der Waals surface area (Å²) in [6, 6.07) is 26.5. The van der Waals surface area contributed by atoms with Crippen molar-refractivity contribution in [1.82, 2.24) is 9.55 Å². The Morgan fingerprint density at radius 1 is 0.889 bits per heavy atom. The molecule has 4 nitrogen and oxygen atoms in total. The standard InChI is InChI=1S/C23H20N2O2/c26-21(17-9-3-1-4-10-17)15-16-25-20-14-8-7-13-19(20)24-23(25)22(27)18-11-5-2-6-12-18/h1-14,22,27H,15-16H2. The van der Waals surface area contributed by atoms with Gasteiger partial charge in [-0.25, -0.2) is 4.98 Å². The number of imidazole rings is 1. The Hall–Kier alpha value is -3.24. The predicted octanol–water partition coefficient (Wildman–Crippen LogP) is 4.39. The maximum absolute atomic E-state index is 12.5. The highest BCUT2D eigenvalue weighted by Crippen LogP contribution is 2.26. The minimum absolute atomic E-state index is 0.0773. The maximum atomic E-state index is 12.5. The highest BCUT2D eigenvalue weighted by Gasteiger charge is 2.20. The molecule has 1 heterocycles. The fourth-order valence-corrected chi connectivity index (χ4v) is 3.30. The molecule has 4 heteroatoms. The average Bonchev–Trinajstić information content (AvgIpc) is 3.11. The molecule has 1 aromatic heterocycles. The molecule has 4 rings (SSSR count). The van der Waals surface area contributed by atoms with E-state index >= 15 is 0 Å². The first-order chi connectivity index (χ1) is 13.2. The lowest BCUT2D eigenvalue weighted by Crippen LogP contribution is -2.13. The van der Waals surface area contributed by atoms with Crippen molar-refractivity contribution in [3.63, 3.8) is 0 Å². The molecule has 0 aliphatic heterocycles. The van der Waals surface area contributed by atoms with E-state index in [1.165, 1.54) is 0 Å². The molecule has 4 aromatic rings. The Balaban J connectivity index is 1.67. The van der Waals surface area contributed by atoms with Gasteiger partial charge in [0.15, 0.2) is 5.78 Å². The SMILES string of the molecule is O=C(CCn1c(C(O)c2ccccc2)nc2ccccc21)c1ccccc1. The third-order valence-electron chi connectivity index (χ3n) is 4.70. The largest absolute Gasteiger partial charge is 0.380 e. The number of hydrogen-bond donors (Lipinski definition) is 1. The molecule has 3 aromatic carbocycles. The quantitative estimate of drug-likeness (QED) is 0.521. The number of ketones is 1. The number of aliphatic hydroxyl groups is 1. The summed E-state index contributed by atoms with van der Waals surface area (Å²) in [5.74, 6) is 0.636. The fraction of sp³-hybridized carbons (Fsp3) is 0.130. The molecule has 27 heavy (non-hydrogen) atoms. The number of fused-ring (bicyclic) bond motifs is 1. The highest BCUT2D eigenvalue weighted by atomic mass is 16.3. The maximum Gasteiger partial charge on any atom is 0.164 e. The van der Waals surface area contributed by atoms with Crippen LogP contribution in [0.2, 0.25) is 0 Å². The van der Waals surface area contributed by atoms with Crippen LogP contribution in [0, 0.1) is 0 Å². The molecular formula is C23H20N2O2. The van der Waals surface area contributed by atoms with E-state index in [-0.39, 0.29) is 5.78 Å². The summed E-state index contributed by atoms with van der Waals surface area (Å²) >= 11 is 0. The number of aromatic nitrogens is 2. The second-order valence-corrected chi connectivity index (χ2v) is 6.46. The Morgan fingerprint density at radius 3 is 2.26 bits per heavy atom. The van der Waals surface area contributed by atoms with Crippen LogP contribution in [-0.4, -0.2) is 20.4 Å².